The van der Waals surface area contributed by atoms with E-state index in [1.807, 2.05) is 0 Å². The van der Waals surface area contributed by atoms with E-state index in [1.165, 1.54) is 37.5 Å². The second kappa shape index (κ2) is 10.3. The molecule has 2 rings (SSSR count). The SMILES string of the molecule is C=CCNC(=O)c1cccc(S(=O)(=O)NC(CC(=O)OC)c2cccc(Br)c2)c1. The number of sulfonamides is 1. The maximum atomic E-state index is 12.9. The highest BCUT2D eigenvalue weighted by molar-refractivity contribution is 9.10. The van der Waals surface area contributed by atoms with Gasteiger partial charge >= 0.3 is 5.97 Å². The highest BCUT2D eigenvalue weighted by Gasteiger charge is 2.25. The molecule has 0 fully saturated rings. The van der Waals surface area contributed by atoms with Crippen molar-refractivity contribution in [3.63, 3.8) is 0 Å². The number of hydrogen-bond donors (Lipinski definition) is 2. The molecular weight excluding hydrogens is 460 g/mol. The van der Waals surface area contributed by atoms with Gasteiger partial charge < -0.3 is 10.1 Å². The van der Waals surface area contributed by atoms with Crippen LogP contribution in [-0.2, 0) is 19.6 Å². The molecule has 0 saturated carbocycles. The van der Waals surface area contributed by atoms with E-state index in [2.05, 4.69) is 32.5 Å². The Balaban J connectivity index is 2.33. The van der Waals surface area contributed by atoms with Gasteiger partial charge in [-0.3, -0.25) is 9.59 Å². The predicted molar refractivity (Wildman–Crippen MR) is 113 cm³/mol. The number of methoxy groups -OCH3 is 1. The van der Waals surface area contributed by atoms with Crippen LogP contribution in [0.2, 0.25) is 0 Å². The molecule has 0 radical (unpaired) electrons. The molecule has 0 aromatic heterocycles. The number of amides is 1. The normalized spacial score (nSPS) is 12.1. The Bertz CT molecular complexity index is 1010. The Morgan fingerprint density at radius 3 is 2.59 bits per heavy atom. The number of esters is 1. The second-order valence-corrected chi connectivity index (χ2v) is 8.67. The van der Waals surface area contributed by atoms with Crippen LogP contribution in [0.1, 0.15) is 28.4 Å². The number of rotatable bonds is 9. The summed E-state index contributed by atoms with van der Waals surface area (Å²) in [4.78, 5) is 23.8. The molecule has 0 spiro atoms. The van der Waals surface area contributed by atoms with Crippen molar-refractivity contribution in [3.05, 3.63) is 76.8 Å². The number of benzene rings is 2. The van der Waals surface area contributed by atoms with E-state index in [4.69, 9.17) is 4.74 Å². The van der Waals surface area contributed by atoms with Crippen molar-refractivity contribution in [1.29, 1.82) is 0 Å². The molecule has 2 aromatic rings. The number of ether oxygens (including phenoxy) is 1. The zero-order valence-electron chi connectivity index (χ0n) is 15.7. The first kappa shape index (κ1) is 22.8. The van der Waals surface area contributed by atoms with E-state index in [0.717, 1.165) is 4.47 Å². The summed E-state index contributed by atoms with van der Waals surface area (Å²) in [6, 6.07) is 11.8. The van der Waals surface area contributed by atoms with Gasteiger partial charge in [0.1, 0.15) is 0 Å². The molecular formula is C20H21BrN2O5S. The van der Waals surface area contributed by atoms with Crippen molar-refractivity contribution in [2.75, 3.05) is 13.7 Å². The minimum absolute atomic E-state index is 0.0892. The zero-order valence-corrected chi connectivity index (χ0v) is 18.1. The number of nitrogens with one attached hydrogen (secondary N) is 2. The lowest BCUT2D eigenvalue weighted by Crippen LogP contribution is -2.31. The molecule has 154 valence electrons. The molecule has 0 aliphatic heterocycles. The molecule has 29 heavy (non-hydrogen) atoms. The fourth-order valence-corrected chi connectivity index (χ4v) is 4.21. The molecule has 1 amide bonds. The summed E-state index contributed by atoms with van der Waals surface area (Å²) in [5, 5.41) is 2.60. The van der Waals surface area contributed by atoms with Crippen LogP contribution < -0.4 is 10.0 Å². The van der Waals surface area contributed by atoms with Gasteiger partial charge in [-0.25, -0.2) is 13.1 Å². The van der Waals surface area contributed by atoms with E-state index in [0.29, 0.717) is 5.56 Å². The monoisotopic (exact) mass is 480 g/mol. The number of hydrogen-bond acceptors (Lipinski definition) is 5. The quantitative estimate of drug-likeness (QED) is 0.424. The molecule has 7 nitrogen and oxygen atoms in total. The number of carbonyl (C=O) groups excluding carboxylic acids is 2. The molecule has 1 atom stereocenters. The average Bonchev–Trinajstić information content (AvgIpc) is 2.71. The smallest absolute Gasteiger partial charge is 0.307 e. The topological polar surface area (TPSA) is 102 Å². The minimum atomic E-state index is -4.02. The lowest BCUT2D eigenvalue weighted by atomic mass is 10.1. The first-order chi connectivity index (χ1) is 13.8. The van der Waals surface area contributed by atoms with Gasteiger partial charge in [0.2, 0.25) is 10.0 Å². The van der Waals surface area contributed by atoms with Gasteiger partial charge in [-0.15, -0.1) is 6.58 Å². The zero-order chi connectivity index (χ0) is 21.4. The van der Waals surface area contributed by atoms with E-state index in [9.17, 15) is 18.0 Å². The minimum Gasteiger partial charge on any atom is -0.469 e. The van der Waals surface area contributed by atoms with Crippen LogP contribution in [0, 0.1) is 0 Å². The van der Waals surface area contributed by atoms with Crippen LogP contribution in [0.4, 0.5) is 0 Å². The second-order valence-electron chi connectivity index (χ2n) is 6.04. The summed E-state index contributed by atoms with van der Waals surface area (Å²) in [5.74, 6) is -0.977. The summed E-state index contributed by atoms with van der Waals surface area (Å²) in [5.41, 5.74) is 0.787. The van der Waals surface area contributed by atoms with Crippen molar-refractivity contribution in [2.45, 2.75) is 17.4 Å². The summed E-state index contributed by atoms with van der Waals surface area (Å²) >= 11 is 3.34. The third-order valence-corrected chi connectivity index (χ3v) is 5.92. The van der Waals surface area contributed by atoms with Gasteiger partial charge in [0, 0.05) is 16.6 Å². The number of halogens is 1. The van der Waals surface area contributed by atoms with Crippen LogP contribution in [0.3, 0.4) is 0 Å². The first-order valence-corrected chi connectivity index (χ1v) is 10.9. The summed E-state index contributed by atoms with van der Waals surface area (Å²) in [6.45, 7) is 3.78. The van der Waals surface area contributed by atoms with Gasteiger partial charge in [0.15, 0.2) is 0 Å². The third kappa shape index (κ3) is 6.52. The van der Waals surface area contributed by atoms with Crippen LogP contribution in [-0.4, -0.2) is 33.9 Å². The van der Waals surface area contributed by atoms with Crippen molar-refractivity contribution in [2.24, 2.45) is 0 Å². The molecule has 0 heterocycles. The van der Waals surface area contributed by atoms with Crippen LogP contribution in [0.5, 0.6) is 0 Å². The largest absolute Gasteiger partial charge is 0.469 e. The summed E-state index contributed by atoms with van der Waals surface area (Å²) in [7, 11) is -2.79. The Labute approximate surface area is 178 Å². The Morgan fingerprint density at radius 2 is 1.93 bits per heavy atom. The Hall–Kier alpha value is -2.49. The average molecular weight is 481 g/mol. The molecule has 0 saturated heterocycles. The highest BCUT2D eigenvalue weighted by atomic mass is 79.9. The van der Waals surface area contributed by atoms with Gasteiger partial charge in [-0.05, 0) is 35.9 Å². The maximum Gasteiger partial charge on any atom is 0.307 e. The molecule has 0 aliphatic carbocycles. The van der Waals surface area contributed by atoms with Crippen molar-refractivity contribution >= 4 is 37.8 Å². The lowest BCUT2D eigenvalue weighted by Gasteiger charge is -2.19. The van der Waals surface area contributed by atoms with E-state index in [1.54, 1.807) is 24.3 Å². The maximum absolute atomic E-state index is 12.9. The van der Waals surface area contributed by atoms with Crippen LogP contribution in [0.15, 0.2) is 70.6 Å². The first-order valence-electron chi connectivity index (χ1n) is 8.60. The van der Waals surface area contributed by atoms with Gasteiger partial charge in [0.25, 0.3) is 5.91 Å². The molecule has 2 N–H and O–H groups in total. The summed E-state index contributed by atoms with van der Waals surface area (Å²) < 4.78 is 33.8. The van der Waals surface area contributed by atoms with Gasteiger partial charge in [-0.2, -0.15) is 0 Å². The van der Waals surface area contributed by atoms with Crippen LogP contribution >= 0.6 is 15.9 Å². The highest BCUT2D eigenvalue weighted by Crippen LogP contribution is 2.24. The standard InChI is InChI=1S/C20H21BrN2O5S/c1-3-10-22-20(25)15-7-5-9-17(12-15)29(26,27)23-18(13-19(24)28-2)14-6-4-8-16(21)11-14/h3-9,11-12,18,23H,1,10,13H2,2H3,(H,22,25). The van der Waals surface area contributed by atoms with E-state index >= 15 is 0 Å². The van der Waals surface area contributed by atoms with Gasteiger partial charge in [0.05, 0.1) is 24.5 Å². The third-order valence-electron chi connectivity index (χ3n) is 3.96. The Kier molecular flexibility index (Phi) is 8.12. The van der Waals surface area contributed by atoms with Crippen molar-refractivity contribution in [3.8, 4) is 0 Å². The fraction of sp³-hybridized carbons (Fsp3) is 0.200. The molecule has 0 bridgehead atoms. The molecule has 0 aliphatic rings. The van der Waals surface area contributed by atoms with Crippen molar-refractivity contribution in [1.82, 2.24) is 10.0 Å². The fourth-order valence-electron chi connectivity index (χ4n) is 2.53. The van der Waals surface area contributed by atoms with E-state index < -0.39 is 27.9 Å². The van der Waals surface area contributed by atoms with Crippen molar-refractivity contribution < 1.29 is 22.7 Å². The Morgan fingerprint density at radius 1 is 1.21 bits per heavy atom. The van der Waals surface area contributed by atoms with E-state index in [-0.39, 0.29) is 23.4 Å². The summed E-state index contributed by atoms with van der Waals surface area (Å²) in [6.07, 6.45) is 1.33. The van der Waals surface area contributed by atoms with Crippen LogP contribution in [0.25, 0.3) is 0 Å². The molecule has 9 heteroatoms. The lowest BCUT2D eigenvalue weighted by molar-refractivity contribution is -0.141. The predicted octanol–water partition coefficient (Wildman–Crippen LogP) is 2.95. The number of carbonyl (C=O) groups is 2. The van der Waals surface area contributed by atoms with Gasteiger partial charge in [-0.1, -0.05) is 40.2 Å². The molecule has 1 unspecified atom stereocenters. The molecule has 2 aromatic carbocycles.